The van der Waals surface area contributed by atoms with Crippen LogP contribution in [0.25, 0.3) is 33.4 Å². The van der Waals surface area contributed by atoms with E-state index >= 15 is 0 Å². The van der Waals surface area contributed by atoms with Gasteiger partial charge in [0.25, 0.3) is 9.05 Å². The molecule has 6 saturated carbocycles. The predicted molar refractivity (Wildman–Crippen MR) is 530 cm³/mol. The van der Waals surface area contributed by atoms with Crippen LogP contribution in [0.3, 0.4) is 0 Å². The van der Waals surface area contributed by atoms with Crippen LogP contribution in [0.1, 0.15) is 137 Å². The molecule has 0 saturated heterocycles. The Morgan fingerprint density at radius 1 is 0.402 bits per heavy atom. The van der Waals surface area contributed by atoms with E-state index in [0.29, 0.717) is 57.7 Å². The number of ether oxygens (including phenoxy) is 6. The second-order valence-corrected chi connectivity index (χ2v) is 41.3. The minimum absolute atomic E-state index is 0.000215. The highest BCUT2D eigenvalue weighted by molar-refractivity contribution is 9.11. The molecule has 0 amide bonds. The van der Waals surface area contributed by atoms with Gasteiger partial charge in [-0.15, -0.1) is 11.8 Å². The summed E-state index contributed by atoms with van der Waals surface area (Å²) in [5.74, 6) is 3.66. The number of aliphatic hydroxyl groups is 1. The molecule has 0 bridgehead atoms. The largest absolute Gasteiger partial charge is 0.490 e. The number of aldehydes is 1. The van der Waals surface area contributed by atoms with Crippen molar-refractivity contribution < 1.29 is 46.7 Å². The number of hydrogen-bond donors (Lipinski definition) is 1. The van der Waals surface area contributed by atoms with E-state index < -0.39 is 14.7 Å². The molecule has 0 spiro atoms. The first-order valence-electron chi connectivity index (χ1n) is 41.0. The van der Waals surface area contributed by atoms with Crippen LogP contribution in [-0.2, 0) is 77.6 Å². The lowest BCUT2D eigenvalue weighted by atomic mass is 9.96. The lowest BCUT2D eigenvalue weighted by molar-refractivity contribution is 0.0171. The number of alkyl halides is 1. The van der Waals surface area contributed by atoms with Gasteiger partial charge in [0.15, 0.2) is 6.29 Å². The third-order valence-electron chi connectivity index (χ3n) is 21.5. The Morgan fingerprint density at radius 2 is 0.748 bits per heavy atom. The van der Waals surface area contributed by atoms with Gasteiger partial charge in [-0.3, -0.25) is 19.7 Å². The molecule has 3 aromatic heterocycles. The van der Waals surface area contributed by atoms with Crippen LogP contribution < -0.4 is 14.2 Å². The highest BCUT2D eigenvalue weighted by atomic mass is 79.9. The fourth-order valence-electron chi connectivity index (χ4n) is 13.8. The number of halogens is 12. The van der Waals surface area contributed by atoms with Gasteiger partial charge in [0.2, 0.25) is 0 Å². The van der Waals surface area contributed by atoms with Crippen LogP contribution >= 0.6 is 172 Å². The molecule has 1 N–H and O–H groups in total. The normalized spacial score (nSPS) is 15.1. The van der Waals surface area contributed by atoms with Crippen LogP contribution in [0.2, 0.25) is 30.1 Å². The number of pyridine rings is 3. The van der Waals surface area contributed by atoms with Crippen LogP contribution in [0.5, 0.6) is 17.2 Å². The van der Waals surface area contributed by atoms with Crippen LogP contribution in [0.15, 0.2) is 295 Å². The number of hydrogen-bond acceptors (Lipinski definition) is 14. The van der Waals surface area contributed by atoms with Gasteiger partial charge >= 0.3 is 0 Å². The SMILES string of the molecule is Clc1ccc(Br)cc1CBr.Clc1ccc(Br)cc1COC1(c2cnccc2-c2ccccc2OC2CC2)CC1.Clc1ccc(SCc2ccccc2)cc1COC1(c2cnccc2-c2ccccc2OC2CC2)CC1.O=Cc1cc(Br)ccc1Cl.O=S(=O)(Cl)c1ccc(Cl)c(COC2(c3cnccc3-c3ccccc3OC3CC3)CC2)c1.OCc1cc(Br)ccc1Cl. The highest BCUT2D eigenvalue weighted by Crippen LogP contribution is 2.57. The summed E-state index contributed by atoms with van der Waals surface area (Å²) in [5.41, 5.74) is 14.8. The summed E-state index contributed by atoms with van der Waals surface area (Å²) in [4.78, 5) is 24.7. The molecule has 6 fully saturated rings. The summed E-state index contributed by atoms with van der Waals surface area (Å²) in [6.07, 6.45) is 25.2. The van der Waals surface area contributed by atoms with Gasteiger partial charge in [0.1, 0.15) is 17.2 Å². The third kappa shape index (κ3) is 27.1. The van der Waals surface area contributed by atoms with Crippen molar-refractivity contribution in [2.24, 2.45) is 0 Å². The van der Waals surface area contributed by atoms with E-state index in [1.165, 1.54) is 28.7 Å². The molecular weight excluding hydrogens is 2110 g/mol. The average Bonchev–Trinajstić information content (AvgIpc) is 1.59. The Kier molecular flexibility index (Phi) is 34.2. The number of carbonyl (C=O) groups is 1. The maximum atomic E-state index is 11.7. The van der Waals surface area contributed by atoms with E-state index in [-0.39, 0.29) is 29.3 Å². The van der Waals surface area contributed by atoms with Crippen molar-refractivity contribution in [1.82, 2.24) is 15.0 Å². The summed E-state index contributed by atoms with van der Waals surface area (Å²) in [7, 11) is 1.64. The molecule has 127 heavy (non-hydrogen) atoms. The lowest BCUT2D eigenvalue weighted by Gasteiger charge is -2.22. The zero-order valence-corrected chi connectivity index (χ0v) is 83.1. The van der Waals surface area contributed by atoms with Crippen LogP contribution in [-0.4, -0.2) is 53.1 Å². The monoisotopic (exact) mass is 2190 g/mol. The van der Waals surface area contributed by atoms with Gasteiger partial charge in [0.05, 0.1) is 71.5 Å². The number of aromatic nitrogens is 3. The van der Waals surface area contributed by atoms with Crippen molar-refractivity contribution >= 4 is 187 Å². The van der Waals surface area contributed by atoms with E-state index in [4.69, 9.17) is 114 Å². The molecule has 6 aliphatic rings. The second kappa shape index (κ2) is 45.1. The fourth-order valence-corrected chi connectivity index (χ4v) is 18.8. The van der Waals surface area contributed by atoms with Crippen molar-refractivity contribution in [3.8, 4) is 50.6 Å². The number of benzene rings is 10. The minimum atomic E-state index is -3.85. The maximum absolute atomic E-state index is 11.7. The summed E-state index contributed by atoms with van der Waals surface area (Å²) < 4.78 is 65.3. The number of aliphatic hydroxyl groups excluding tert-OH is 1. The zero-order valence-electron chi connectivity index (χ0n) is 68.3. The van der Waals surface area contributed by atoms with E-state index in [1.54, 1.807) is 36.5 Å². The first kappa shape index (κ1) is 96.3. The molecule has 0 radical (unpaired) electrons. The van der Waals surface area contributed by atoms with Gasteiger partial charge in [0, 0.05) is 146 Å². The van der Waals surface area contributed by atoms with Gasteiger partial charge in [-0.1, -0.05) is 234 Å². The quantitative estimate of drug-likeness (QED) is 0.0213. The van der Waals surface area contributed by atoms with E-state index in [2.05, 4.69) is 186 Å². The summed E-state index contributed by atoms with van der Waals surface area (Å²) in [6.45, 7) is 1.08. The standard InChI is InChI=1S/C31H28ClNO2S.C24H21BrClNO2.C24H21Cl2NO4S.C7H5Br2Cl.C7H6BrClO.C7H4BrClO/c32-29-13-12-25(36-21-22-6-2-1-3-7-22)18-23(29)20-34-31(15-16-31)28-19-33-17-14-26(28)27-8-4-5-9-30(27)35-24-10-11-24;25-17-5-8-22(26)16(13-17)15-28-24(10-11-24)21-14-27-12-9-19(21)20-3-1-2-4-23(20)29-18-6-7-18;25-22-8-7-18(32(26,28)29)13-16(22)15-30-24(10-11-24)21-14-27-12-9-19(21)20-3-1-2-4-23(20)31-17-5-6-17;8-4-5-3-6(9)1-2-7(5)10;2*8-6-1-2-7(9)5(3-6)4-10/h1-9,12-14,17-19,24H,10-11,15-16,20-21H2;1-5,8-9,12-14,18H,6-7,10-11,15H2;1-4,7-9,12-14,17H,5-6,10-11,15H2;1-3H,4H2;1-3,10H,4H2;1-4H. The first-order chi connectivity index (χ1) is 61.4. The van der Waals surface area contributed by atoms with Crippen LogP contribution in [0.4, 0.5) is 0 Å². The number of rotatable bonds is 28. The van der Waals surface area contributed by atoms with E-state index in [0.717, 1.165) is 217 Å². The van der Waals surface area contributed by atoms with Gasteiger partial charge in [-0.25, -0.2) is 8.42 Å². The number of thioether (sulfide) groups is 1. The van der Waals surface area contributed by atoms with Crippen molar-refractivity contribution in [3.05, 3.63) is 371 Å². The molecule has 6 aliphatic carbocycles. The first-order valence-corrected chi connectivity index (χ1v) is 50.9. The predicted octanol–water partition coefficient (Wildman–Crippen LogP) is 30.9. The number of nitrogens with zero attached hydrogens (tertiary/aromatic N) is 3. The van der Waals surface area contributed by atoms with Gasteiger partial charge in [-0.05, 0) is 273 Å². The molecular formula is C100H85Br5Cl7N3O10S2. The maximum Gasteiger partial charge on any atom is 0.261 e. The molecule has 13 aromatic rings. The molecule has 27 heteroatoms. The third-order valence-corrected chi connectivity index (χ3v) is 28.7. The van der Waals surface area contributed by atoms with Crippen molar-refractivity contribution in [3.63, 3.8) is 0 Å². The summed E-state index contributed by atoms with van der Waals surface area (Å²) in [5, 5.41) is 13.3. The molecule has 19 rings (SSSR count). The zero-order chi connectivity index (χ0) is 89.2. The average molecular weight is 2200 g/mol. The van der Waals surface area contributed by atoms with Crippen molar-refractivity contribution in [2.75, 3.05) is 0 Å². The molecule has 13 nitrogen and oxygen atoms in total. The highest BCUT2D eigenvalue weighted by Gasteiger charge is 2.50. The van der Waals surface area contributed by atoms with E-state index in [1.807, 2.05) is 134 Å². The fraction of sp³-hybridized carbons (Fsp3) is 0.240. The summed E-state index contributed by atoms with van der Waals surface area (Å²) >= 11 is 55.0. The lowest BCUT2D eigenvalue weighted by Crippen LogP contribution is -2.14. The van der Waals surface area contributed by atoms with Crippen molar-refractivity contribution in [2.45, 2.75) is 159 Å². The molecule has 10 aromatic carbocycles. The second-order valence-electron chi connectivity index (χ2n) is 31.1. The summed E-state index contributed by atoms with van der Waals surface area (Å²) in [6, 6.07) is 74.0. The Morgan fingerprint density at radius 3 is 1.12 bits per heavy atom. The molecule has 656 valence electrons. The van der Waals surface area contributed by atoms with Crippen molar-refractivity contribution in [1.29, 1.82) is 0 Å². The Hall–Kier alpha value is -6.71. The molecule has 0 aliphatic heterocycles. The molecule has 0 atom stereocenters. The molecule has 3 heterocycles. The smallest absolute Gasteiger partial charge is 0.261 e. The van der Waals surface area contributed by atoms with Gasteiger partial charge < -0.3 is 33.5 Å². The Labute approximate surface area is 821 Å². The van der Waals surface area contributed by atoms with Crippen LogP contribution in [0, 0.1) is 0 Å². The Bertz CT molecular complexity index is 6080. The van der Waals surface area contributed by atoms with E-state index in [9.17, 15) is 13.2 Å². The Balaban J connectivity index is 0.000000133. The number of carbonyl (C=O) groups excluding carboxylic acids is 1. The number of para-hydroxylation sites is 3. The topological polar surface area (TPSA) is 165 Å². The molecule has 0 unspecified atom stereocenters. The minimum Gasteiger partial charge on any atom is -0.490 e. The van der Waals surface area contributed by atoms with Gasteiger partial charge in [-0.2, -0.15) is 0 Å².